The zero-order chi connectivity index (χ0) is 11.9. The fourth-order valence-corrected chi connectivity index (χ4v) is 2.77. The summed E-state index contributed by atoms with van der Waals surface area (Å²) in [4.78, 5) is 0. The summed E-state index contributed by atoms with van der Waals surface area (Å²) in [7, 11) is 0. The Labute approximate surface area is 97.8 Å². The van der Waals surface area contributed by atoms with Gasteiger partial charge in [-0.2, -0.15) is 0 Å². The Hall–Kier alpha value is 0. The highest BCUT2D eigenvalue weighted by molar-refractivity contribution is 4.78. The number of hydrogen-bond acceptors (Lipinski definition) is 0. The van der Waals surface area contributed by atoms with Crippen LogP contribution >= 0.6 is 0 Å². The van der Waals surface area contributed by atoms with Crippen molar-refractivity contribution < 1.29 is 0 Å². The highest BCUT2D eigenvalue weighted by Crippen LogP contribution is 2.38. The molecule has 0 saturated carbocycles. The second-order valence-corrected chi connectivity index (χ2v) is 5.47. The molecule has 0 aromatic carbocycles. The number of rotatable bonds is 8. The Bertz CT molecular complexity index is 140. The van der Waals surface area contributed by atoms with E-state index in [1.54, 1.807) is 0 Å². The fraction of sp³-hybridized carbons (Fsp3) is 1.00. The van der Waals surface area contributed by atoms with E-state index in [1.165, 1.54) is 38.5 Å². The van der Waals surface area contributed by atoms with E-state index in [-0.39, 0.29) is 0 Å². The van der Waals surface area contributed by atoms with Gasteiger partial charge in [-0.05, 0) is 23.7 Å². The molecule has 0 nitrogen and oxygen atoms in total. The standard InChI is InChI=1S/C15H32/c1-7-13(8-2)14(9-3)12-15(6,10-4)11-5/h13-14H,7-12H2,1-6H3. The van der Waals surface area contributed by atoms with Gasteiger partial charge in [-0.3, -0.25) is 0 Å². The predicted octanol–water partition coefficient (Wildman–Crippen LogP) is 5.67. The van der Waals surface area contributed by atoms with E-state index in [1.807, 2.05) is 0 Å². The molecule has 15 heavy (non-hydrogen) atoms. The van der Waals surface area contributed by atoms with Crippen LogP contribution in [-0.4, -0.2) is 0 Å². The second kappa shape index (κ2) is 7.30. The Balaban J connectivity index is 4.41. The maximum absolute atomic E-state index is 2.47. The van der Waals surface area contributed by atoms with Gasteiger partial charge in [0, 0.05) is 0 Å². The van der Waals surface area contributed by atoms with Crippen molar-refractivity contribution in [3.05, 3.63) is 0 Å². The summed E-state index contributed by atoms with van der Waals surface area (Å²) < 4.78 is 0. The monoisotopic (exact) mass is 212 g/mol. The Kier molecular flexibility index (Phi) is 7.30. The van der Waals surface area contributed by atoms with E-state index >= 15 is 0 Å². The smallest absolute Gasteiger partial charge is 0.0328 e. The van der Waals surface area contributed by atoms with E-state index < -0.39 is 0 Å². The summed E-state index contributed by atoms with van der Waals surface area (Å²) in [5.41, 5.74) is 0.587. The minimum atomic E-state index is 0.587. The normalized spacial score (nSPS) is 14.6. The molecule has 0 amide bonds. The summed E-state index contributed by atoms with van der Waals surface area (Å²) in [6, 6.07) is 0. The highest BCUT2D eigenvalue weighted by Gasteiger charge is 2.27. The van der Waals surface area contributed by atoms with Gasteiger partial charge in [0.2, 0.25) is 0 Å². The van der Waals surface area contributed by atoms with Gasteiger partial charge in [0.05, 0.1) is 0 Å². The Morgan fingerprint density at radius 2 is 1.13 bits per heavy atom. The molecule has 0 aromatic heterocycles. The van der Waals surface area contributed by atoms with Gasteiger partial charge in [-0.25, -0.2) is 0 Å². The summed E-state index contributed by atoms with van der Waals surface area (Å²) in [5, 5.41) is 0. The first-order valence-electron chi connectivity index (χ1n) is 7.06. The molecular weight excluding hydrogens is 180 g/mol. The first-order chi connectivity index (χ1) is 7.06. The van der Waals surface area contributed by atoms with E-state index in [0.29, 0.717) is 5.41 Å². The molecule has 0 spiro atoms. The first-order valence-corrected chi connectivity index (χ1v) is 7.06. The Morgan fingerprint density at radius 3 is 1.40 bits per heavy atom. The van der Waals surface area contributed by atoms with Crippen LogP contribution in [0.3, 0.4) is 0 Å². The molecular formula is C15H32. The minimum Gasteiger partial charge on any atom is -0.0651 e. The molecule has 1 unspecified atom stereocenters. The molecule has 0 aliphatic heterocycles. The summed E-state index contributed by atoms with van der Waals surface area (Å²) in [6.07, 6.45) is 8.18. The first kappa shape index (κ1) is 15.0. The molecule has 0 heterocycles. The van der Waals surface area contributed by atoms with Crippen molar-refractivity contribution in [3.8, 4) is 0 Å². The third-order valence-corrected chi connectivity index (χ3v) is 4.70. The fourth-order valence-electron chi connectivity index (χ4n) is 2.77. The lowest BCUT2D eigenvalue weighted by Crippen LogP contribution is -2.23. The van der Waals surface area contributed by atoms with E-state index in [9.17, 15) is 0 Å². The topological polar surface area (TPSA) is 0 Å². The van der Waals surface area contributed by atoms with Gasteiger partial charge in [0.15, 0.2) is 0 Å². The number of hydrogen-bond donors (Lipinski definition) is 0. The van der Waals surface area contributed by atoms with Crippen LogP contribution in [0.15, 0.2) is 0 Å². The third kappa shape index (κ3) is 4.57. The average molecular weight is 212 g/mol. The molecule has 1 atom stereocenters. The van der Waals surface area contributed by atoms with Crippen molar-refractivity contribution in [2.75, 3.05) is 0 Å². The summed E-state index contributed by atoms with van der Waals surface area (Å²) in [6.45, 7) is 14.2. The minimum absolute atomic E-state index is 0.587. The lowest BCUT2D eigenvalue weighted by atomic mass is 9.71. The zero-order valence-corrected chi connectivity index (χ0v) is 11.9. The van der Waals surface area contributed by atoms with Crippen LogP contribution in [0.4, 0.5) is 0 Å². The van der Waals surface area contributed by atoms with Crippen LogP contribution < -0.4 is 0 Å². The van der Waals surface area contributed by atoms with E-state index in [4.69, 9.17) is 0 Å². The molecule has 0 saturated heterocycles. The van der Waals surface area contributed by atoms with Gasteiger partial charge in [0.25, 0.3) is 0 Å². The Morgan fingerprint density at radius 1 is 0.733 bits per heavy atom. The predicted molar refractivity (Wildman–Crippen MR) is 71.2 cm³/mol. The third-order valence-electron chi connectivity index (χ3n) is 4.70. The largest absolute Gasteiger partial charge is 0.0651 e. The molecule has 92 valence electrons. The van der Waals surface area contributed by atoms with Gasteiger partial charge < -0.3 is 0 Å². The molecule has 0 bridgehead atoms. The molecule has 0 aliphatic carbocycles. The highest BCUT2D eigenvalue weighted by atomic mass is 14.3. The van der Waals surface area contributed by atoms with E-state index in [2.05, 4.69) is 41.5 Å². The lowest BCUT2D eigenvalue weighted by molar-refractivity contribution is 0.166. The maximum Gasteiger partial charge on any atom is -0.0328 e. The van der Waals surface area contributed by atoms with Crippen molar-refractivity contribution in [2.24, 2.45) is 17.3 Å². The molecule has 0 N–H and O–H groups in total. The SMILES string of the molecule is CCC(CC)C(CC)CC(C)(CC)CC. The second-order valence-electron chi connectivity index (χ2n) is 5.47. The van der Waals surface area contributed by atoms with Gasteiger partial charge in [0.1, 0.15) is 0 Å². The summed E-state index contributed by atoms with van der Waals surface area (Å²) in [5.74, 6) is 1.90. The average Bonchev–Trinajstić information content (AvgIpc) is 2.29. The van der Waals surface area contributed by atoms with Crippen molar-refractivity contribution in [3.63, 3.8) is 0 Å². The van der Waals surface area contributed by atoms with Crippen molar-refractivity contribution in [1.82, 2.24) is 0 Å². The molecule has 0 fully saturated rings. The van der Waals surface area contributed by atoms with Gasteiger partial charge >= 0.3 is 0 Å². The van der Waals surface area contributed by atoms with Crippen LogP contribution in [-0.2, 0) is 0 Å². The van der Waals surface area contributed by atoms with Crippen LogP contribution in [0.1, 0.15) is 80.1 Å². The van der Waals surface area contributed by atoms with Gasteiger partial charge in [-0.15, -0.1) is 0 Å². The van der Waals surface area contributed by atoms with Crippen LogP contribution in [0.5, 0.6) is 0 Å². The van der Waals surface area contributed by atoms with Gasteiger partial charge in [-0.1, -0.05) is 73.6 Å². The lowest BCUT2D eigenvalue weighted by Gasteiger charge is -2.34. The van der Waals surface area contributed by atoms with Crippen LogP contribution in [0, 0.1) is 17.3 Å². The summed E-state index contributed by atoms with van der Waals surface area (Å²) >= 11 is 0. The molecule has 0 aromatic rings. The molecule has 0 radical (unpaired) electrons. The van der Waals surface area contributed by atoms with Crippen molar-refractivity contribution >= 4 is 0 Å². The quantitative estimate of drug-likeness (QED) is 0.486. The molecule has 0 rings (SSSR count). The van der Waals surface area contributed by atoms with E-state index in [0.717, 1.165) is 11.8 Å². The van der Waals surface area contributed by atoms with Crippen LogP contribution in [0.2, 0.25) is 0 Å². The van der Waals surface area contributed by atoms with Crippen molar-refractivity contribution in [2.45, 2.75) is 80.1 Å². The van der Waals surface area contributed by atoms with Crippen LogP contribution in [0.25, 0.3) is 0 Å². The van der Waals surface area contributed by atoms with Crippen molar-refractivity contribution in [1.29, 1.82) is 0 Å². The maximum atomic E-state index is 2.47. The zero-order valence-electron chi connectivity index (χ0n) is 11.9. The molecule has 0 heteroatoms. The molecule has 0 aliphatic rings.